The van der Waals surface area contributed by atoms with E-state index >= 15 is 0 Å². The molecule has 1 aromatic rings. The lowest BCUT2D eigenvalue weighted by Crippen LogP contribution is -1.93. The Morgan fingerprint density at radius 3 is 3.20 bits per heavy atom. The molecule has 52 valence electrons. The summed E-state index contributed by atoms with van der Waals surface area (Å²) in [6, 6.07) is 2.13. The molecule has 0 bridgehead atoms. The molecular formula is C8H8IN. The number of rotatable bonds is 0. The van der Waals surface area contributed by atoms with Gasteiger partial charge in [-0.05, 0) is 56.7 Å². The van der Waals surface area contributed by atoms with Crippen LogP contribution in [0.5, 0.6) is 0 Å². The van der Waals surface area contributed by atoms with Crippen molar-refractivity contribution in [2.24, 2.45) is 0 Å². The molecule has 1 N–H and O–H groups in total. The molecule has 2 rings (SSSR count). The molecule has 1 aliphatic rings. The number of aromatic nitrogens is 1. The minimum atomic E-state index is 1.18. The molecule has 0 aliphatic heterocycles. The van der Waals surface area contributed by atoms with Crippen molar-refractivity contribution in [1.82, 2.24) is 4.98 Å². The van der Waals surface area contributed by atoms with E-state index in [1.165, 1.54) is 27.7 Å². The number of H-pyrrole nitrogens is 1. The molecule has 0 radical (unpaired) electrons. The largest absolute Gasteiger partial charge is 0.364 e. The second-order valence-electron chi connectivity index (χ2n) is 2.50. The zero-order chi connectivity index (χ0) is 6.97. The number of hydrogen-bond donors (Lipinski definition) is 1. The minimum Gasteiger partial charge on any atom is -0.364 e. The molecule has 0 fully saturated rings. The average molecular weight is 245 g/mol. The van der Waals surface area contributed by atoms with Crippen LogP contribution < -0.4 is 0 Å². The maximum Gasteiger partial charge on any atom is 0.0224 e. The van der Waals surface area contributed by atoms with Gasteiger partial charge in [0.2, 0.25) is 0 Å². The van der Waals surface area contributed by atoms with Crippen molar-refractivity contribution < 1.29 is 0 Å². The van der Waals surface area contributed by atoms with E-state index in [4.69, 9.17) is 0 Å². The summed E-state index contributed by atoms with van der Waals surface area (Å²) in [4.78, 5) is 3.23. The molecule has 0 aromatic carbocycles. The van der Waals surface area contributed by atoms with Crippen LogP contribution in [0.1, 0.15) is 17.7 Å². The van der Waals surface area contributed by atoms with Crippen molar-refractivity contribution in [3.8, 4) is 0 Å². The van der Waals surface area contributed by atoms with Gasteiger partial charge >= 0.3 is 0 Å². The molecule has 0 spiro atoms. The van der Waals surface area contributed by atoms with Gasteiger partial charge in [-0.25, -0.2) is 0 Å². The van der Waals surface area contributed by atoms with Gasteiger partial charge in [0, 0.05) is 11.9 Å². The molecule has 1 aromatic heterocycles. The SMILES string of the molecule is IC1=Cc2cc[nH]c2CC1. The first-order valence-electron chi connectivity index (χ1n) is 3.38. The first-order chi connectivity index (χ1) is 4.86. The Balaban J connectivity index is 2.50. The highest BCUT2D eigenvalue weighted by atomic mass is 127. The zero-order valence-electron chi connectivity index (χ0n) is 5.52. The van der Waals surface area contributed by atoms with Crippen LogP contribution in [-0.2, 0) is 6.42 Å². The van der Waals surface area contributed by atoms with E-state index in [1.54, 1.807) is 0 Å². The summed E-state index contributed by atoms with van der Waals surface area (Å²) < 4.78 is 1.46. The van der Waals surface area contributed by atoms with E-state index in [0.717, 1.165) is 0 Å². The summed E-state index contributed by atoms with van der Waals surface area (Å²) >= 11 is 2.40. The van der Waals surface area contributed by atoms with Crippen LogP contribution in [0.2, 0.25) is 0 Å². The summed E-state index contributed by atoms with van der Waals surface area (Å²) in [5.74, 6) is 0. The molecule has 0 unspecified atom stereocenters. The second-order valence-corrected chi connectivity index (χ2v) is 3.89. The van der Waals surface area contributed by atoms with Crippen molar-refractivity contribution in [1.29, 1.82) is 0 Å². The molecule has 10 heavy (non-hydrogen) atoms. The van der Waals surface area contributed by atoms with Crippen LogP contribution in [0, 0.1) is 0 Å². The molecule has 0 saturated carbocycles. The Kier molecular flexibility index (Phi) is 1.56. The van der Waals surface area contributed by atoms with Gasteiger partial charge in [0.15, 0.2) is 0 Å². The molecule has 0 atom stereocenters. The van der Waals surface area contributed by atoms with Gasteiger partial charge < -0.3 is 4.98 Å². The third-order valence-corrected chi connectivity index (χ3v) is 2.65. The third kappa shape index (κ3) is 1.00. The zero-order valence-corrected chi connectivity index (χ0v) is 7.68. The van der Waals surface area contributed by atoms with Gasteiger partial charge in [-0.1, -0.05) is 0 Å². The Morgan fingerprint density at radius 1 is 1.40 bits per heavy atom. The minimum absolute atomic E-state index is 1.18. The lowest BCUT2D eigenvalue weighted by molar-refractivity contribution is 0.941. The van der Waals surface area contributed by atoms with E-state index in [9.17, 15) is 0 Å². The molecule has 2 heteroatoms. The Hall–Kier alpha value is -0.250. The maximum absolute atomic E-state index is 3.23. The van der Waals surface area contributed by atoms with Crippen LogP contribution in [0.25, 0.3) is 6.08 Å². The fourth-order valence-corrected chi connectivity index (χ4v) is 1.86. The van der Waals surface area contributed by atoms with E-state index in [0.29, 0.717) is 0 Å². The predicted octanol–water partition coefficient (Wildman–Crippen LogP) is 2.74. The van der Waals surface area contributed by atoms with Crippen molar-refractivity contribution in [3.05, 3.63) is 27.1 Å². The number of aromatic amines is 1. The smallest absolute Gasteiger partial charge is 0.0224 e. The van der Waals surface area contributed by atoms with E-state index in [1.807, 2.05) is 6.20 Å². The van der Waals surface area contributed by atoms with Crippen LogP contribution in [0.15, 0.2) is 15.8 Å². The summed E-state index contributed by atoms with van der Waals surface area (Å²) in [5, 5.41) is 0. The van der Waals surface area contributed by atoms with Gasteiger partial charge in [0.1, 0.15) is 0 Å². The van der Waals surface area contributed by atoms with Crippen molar-refractivity contribution in [2.45, 2.75) is 12.8 Å². The maximum atomic E-state index is 3.23. The first-order valence-corrected chi connectivity index (χ1v) is 4.46. The fourth-order valence-electron chi connectivity index (χ4n) is 1.25. The van der Waals surface area contributed by atoms with Gasteiger partial charge in [0.25, 0.3) is 0 Å². The van der Waals surface area contributed by atoms with E-state index < -0.39 is 0 Å². The topological polar surface area (TPSA) is 15.8 Å². The number of nitrogens with one attached hydrogen (secondary N) is 1. The number of hydrogen-bond acceptors (Lipinski definition) is 0. The quantitative estimate of drug-likeness (QED) is 0.676. The number of allylic oxidation sites excluding steroid dienone is 1. The predicted molar refractivity (Wildman–Crippen MR) is 51.1 cm³/mol. The monoisotopic (exact) mass is 245 g/mol. The fraction of sp³-hybridized carbons (Fsp3) is 0.250. The second kappa shape index (κ2) is 2.42. The summed E-state index contributed by atoms with van der Waals surface area (Å²) in [6.45, 7) is 0. The van der Waals surface area contributed by atoms with Crippen molar-refractivity contribution in [2.75, 3.05) is 0 Å². The van der Waals surface area contributed by atoms with Crippen LogP contribution >= 0.6 is 22.6 Å². The third-order valence-electron chi connectivity index (χ3n) is 1.79. The number of halogens is 1. The van der Waals surface area contributed by atoms with Crippen molar-refractivity contribution >= 4 is 28.7 Å². The summed E-state index contributed by atoms with van der Waals surface area (Å²) in [6.07, 6.45) is 6.64. The van der Waals surface area contributed by atoms with E-state index in [-0.39, 0.29) is 0 Å². The standard InChI is InChI=1S/C8H8IN/c9-7-1-2-8-6(5-7)3-4-10-8/h3-5,10H,1-2H2. The van der Waals surface area contributed by atoms with Crippen LogP contribution in [0.4, 0.5) is 0 Å². The molecule has 1 aliphatic carbocycles. The number of aryl methyl sites for hydroxylation is 1. The van der Waals surface area contributed by atoms with Gasteiger partial charge in [-0.2, -0.15) is 0 Å². The molecule has 0 amide bonds. The van der Waals surface area contributed by atoms with Crippen LogP contribution in [0.3, 0.4) is 0 Å². The van der Waals surface area contributed by atoms with Gasteiger partial charge in [0.05, 0.1) is 0 Å². The first kappa shape index (κ1) is 6.46. The highest BCUT2D eigenvalue weighted by molar-refractivity contribution is 14.1. The summed E-state index contributed by atoms with van der Waals surface area (Å²) in [5.41, 5.74) is 2.76. The Labute approximate surface area is 73.7 Å². The highest BCUT2D eigenvalue weighted by Crippen LogP contribution is 2.26. The lowest BCUT2D eigenvalue weighted by atomic mass is 10.1. The normalized spacial score (nSPS) is 16.3. The van der Waals surface area contributed by atoms with Gasteiger partial charge in [-0.3, -0.25) is 0 Å². The summed E-state index contributed by atoms with van der Waals surface area (Å²) in [7, 11) is 0. The van der Waals surface area contributed by atoms with E-state index in [2.05, 4.69) is 39.7 Å². The molecule has 1 heterocycles. The number of fused-ring (bicyclic) bond motifs is 1. The van der Waals surface area contributed by atoms with Crippen LogP contribution in [-0.4, -0.2) is 4.98 Å². The highest BCUT2D eigenvalue weighted by Gasteiger charge is 2.07. The Bertz CT molecular complexity index is 273. The molecule has 0 saturated heterocycles. The Morgan fingerprint density at radius 2 is 2.30 bits per heavy atom. The molecular weight excluding hydrogens is 237 g/mol. The average Bonchev–Trinajstić information content (AvgIpc) is 2.33. The molecule has 1 nitrogen and oxygen atoms in total. The van der Waals surface area contributed by atoms with Crippen molar-refractivity contribution in [3.63, 3.8) is 0 Å². The van der Waals surface area contributed by atoms with Gasteiger partial charge in [-0.15, -0.1) is 0 Å². The lowest BCUT2D eigenvalue weighted by Gasteiger charge is -2.06.